The van der Waals surface area contributed by atoms with E-state index in [1.807, 2.05) is 0 Å². The number of piperazine rings is 1. The lowest BCUT2D eigenvalue weighted by atomic mass is 10.3. The summed E-state index contributed by atoms with van der Waals surface area (Å²) in [7, 11) is 0.416. The van der Waals surface area contributed by atoms with Crippen LogP contribution in [-0.4, -0.2) is 92.0 Å². The normalized spacial score (nSPS) is 15.5. The van der Waals surface area contributed by atoms with Crippen LogP contribution >= 0.6 is 0 Å². The third kappa shape index (κ3) is 9.40. The molecule has 0 unspecified atom stereocenters. The molecule has 0 aromatic carbocycles. The molecular formula is C18H40N4O4Si2. The maximum Gasteiger partial charge on any atom is 0.317 e. The predicted octanol–water partition coefficient (Wildman–Crippen LogP) is 2.51. The van der Waals surface area contributed by atoms with Crippen molar-refractivity contribution < 1.29 is 18.4 Å². The monoisotopic (exact) mass is 432 g/mol. The first-order valence-corrected chi connectivity index (χ1v) is 16.5. The highest BCUT2D eigenvalue weighted by Crippen LogP contribution is 2.12. The van der Waals surface area contributed by atoms with Gasteiger partial charge in [0.05, 0.1) is 0 Å². The van der Waals surface area contributed by atoms with Gasteiger partial charge in [0.25, 0.3) is 0 Å². The predicted molar refractivity (Wildman–Crippen MR) is 118 cm³/mol. The summed E-state index contributed by atoms with van der Waals surface area (Å²) in [6, 6.07) is 1.98. The number of rotatable bonds is 10. The standard InChI is InChI=1S/C18H40N4O4Si2/c1-25-27(3,4)15-7-9-19-17(23)21-11-13-22(14-12-21)18(24)20-10-8-16-28(5,6)26-2/h7-16H2,1-6H3,(H,19,23)(H,20,24). The van der Waals surface area contributed by atoms with E-state index in [0.29, 0.717) is 39.3 Å². The van der Waals surface area contributed by atoms with Crippen LogP contribution in [-0.2, 0) is 8.85 Å². The zero-order chi connectivity index (χ0) is 21.2. The number of nitrogens with zero attached hydrogens (tertiary/aromatic N) is 2. The van der Waals surface area contributed by atoms with E-state index in [0.717, 1.165) is 24.9 Å². The van der Waals surface area contributed by atoms with Crippen molar-refractivity contribution in [2.24, 2.45) is 0 Å². The SMILES string of the molecule is CO[Si](C)(C)CCCNC(=O)N1CCN(C(=O)NCCC[Si](C)(C)OC)CC1. The Morgan fingerprint density at radius 1 is 0.750 bits per heavy atom. The van der Waals surface area contributed by atoms with Gasteiger partial charge in [-0.15, -0.1) is 0 Å². The number of carbonyl (C=O) groups excluding carboxylic acids is 2. The minimum atomic E-state index is -1.56. The third-order valence-electron chi connectivity index (χ3n) is 5.42. The molecule has 0 aromatic heterocycles. The summed E-state index contributed by atoms with van der Waals surface area (Å²) in [5, 5.41) is 5.96. The molecule has 0 spiro atoms. The smallest absolute Gasteiger partial charge is 0.317 e. The van der Waals surface area contributed by atoms with Crippen LogP contribution in [0, 0.1) is 0 Å². The molecule has 164 valence electrons. The van der Waals surface area contributed by atoms with E-state index in [4.69, 9.17) is 8.85 Å². The van der Waals surface area contributed by atoms with Crippen LogP contribution < -0.4 is 10.6 Å². The second-order valence-corrected chi connectivity index (χ2v) is 17.4. The van der Waals surface area contributed by atoms with Crippen molar-refractivity contribution in [1.82, 2.24) is 20.4 Å². The summed E-state index contributed by atoms with van der Waals surface area (Å²) in [6.07, 6.45) is 1.87. The van der Waals surface area contributed by atoms with Crippen LogP contribution in [0.15, 0.2) is 0 Å². The highest BCUT2D eigenvalue weighted by molar-refractivity contribution is 6.71. The minimum absolute atomic E-state index is 0.0382. The highest BCUT2D eigenvalue weighted by atomic mass is 28.4. The lowest BCUT2D eigenvalue weighted by Crippen LogP contribution is -2.55. The Hall–Kier alpha value is -1.11. The Kier molecular flexibility index (Phi) is 10.5. The number of nitrogens with one attached hydrogen (secondary N) is 2. The van der Waals surface area contributed by atoms with Crippen molar-refractivity contribution in [3.05, 3.63) is 0 Å². The van der Waals surface area contributed by atoms with Crippen LogP contribution in [0.5, 0.6) is 0 Å². The van der Waals surface area contributed by atoms with E-state index in [1.165, 1.54) is 0 Å². The van der Waals surface area contributed by atoms with Crippen molar-refractivity contribution >= 4 is 28.7 Å². The molecule has 0 aliphatic carbocycles. The molecule has 8 nitrogen and oxygen atoms in total. The van der Waals surface area contributed by atoms with Crippen molar-refractivity contribution in [2.45, 2.75) is 51.1 Å². The maximum atomic E-state index is 12.3. The van der Waals surface area contributed by atoms with Crippen molar-refractivity contribution in [1.29, 1.82) is 0 Å². The fourth-order valence-electron chi connectivity index (χ4n) is 2.96. The van der Waals surface area contributed by atoms with Crippen LogP contribution in [0.4, 0.5) is 9.59 Å². The minimum Gasteiger partial charge on any atom is -0.420 e. The summed E-state index contributed by atoms with van der Waals surface area (Å²) in [5.41, 5.74) is 0. The van der Waals surface area contributed by atoms with E-state index in [9.17, 15) is 9.59 Å². The van der Waals surface area contributed by atoms with Gasteiger partial charge >= 0.3 is 12.1 Å². The Morgan fingerprint density at radius 3 is 1.36 bits per heavy atom. The number of hydrogen-bond acceptors (Lipinski definition) is 4. The van der Waals surface area contributed by atoms with Crippen LogP contribution in [0.1, 0.15) is 12.8 Å². The Labute approximate surface area is 172 Å². The van der Waals surface area contributed by atoms with Crippen LogP contribution in [0.25, 0.3) is 0 Å². The van der Waals surface area contributed by atoms with Gasteiger partial charge in [-0.2, -0.15) is 0 Å². The molecule has 0 aromatic rings. The average Bonchev–Trinajstić information content (AvgIpc) is 2.68. The van der Waals surface area contributed by atoms with Gasteiger partial charge in [0.2, 0.25) is 0 Å². The molecule has 10 heteroatoms. The first-order valence-electron chi connectivity index (χ1n) is 10.3. The van der Waals surface area contributed by atoms with Gasteiger partial charge < -0.3 is 29.3 Å². The fourth-order valence-corrected chi connectivity index (χ4v) is 5.42. The molecule has 2 N–H and O–H groups in total. The molecular weight excluding hydrogens is 392 g/mol. The summed E-state index contributed by atoms with van der Waals surface area (Å²) < 4.78 is 11.0. The number of carbonyl (C=O) groups is 2. The Bertz CT molecular complexity index is 454. The summed E-state index contributed by atoms with van der Waals surface area (Å²) >= 11 is 0. The van der Waals surface area contributed by atoms with Gasteiger partial charge in [-0.05, 0) is 51.1 Å². The second-order valence-electron chi connectivity index (χ2n) is 8.57. The second kappa shape index (κ2) is 11.8. The first-order chi connectivity index (χ1) is 13.1. The van der Waals surface area contributed by atoms with E-state index in [1.54, 1.807) is 24.0 Å². The van der Waals surface area contributed by atoms with Crippen molar-refractivity contribution in [3.8, 4) is 0 Å². The number of amides is 4. The molecule has 4 amide bonds. The Morgan fingerprint density at radius 2 is 1.07 bits per heavy atom. The number of urea groups is 2. The molecule has 0 bridgehead atoms. The average molecular weight is 433 g/mol. The van der Waals surface area contributed by atoms with Gasteiger partial charge in [0.1, 0.15) is 0 Å². The third-order valence-corrected chi connectivity index (χ3v) is 10.7. The molecule has 0 radical (unpaired) electrons. The van der Waals surface area contributed by atoms with Crippen LogP contribution in [0.2, 0.25) is 38.3 Å². The first kappa shape index (κ1) is 24.9. The van der Waals surface area contributed by atoms with Gasteiger partial charge in [-0.25, -0.2) is 9.59 Å². The summed E-state index contributed by atoms with van der Waals surface area (Å²) in [5.74, 6) is 0. The van der Waals surface area contributed by atoms with Gasteiger partial charge in [0, 0.05) is 53.5 Å². The zero-order valence-electron chi connectivity index (χ0n) is 18.6. The van der Waals surface area contributed by atoms with E-state index >= 15 is 0 Å². The molecule has 1 heterocycles. The topological polar surface area (TPSA) is 83.1 Å². The Balaban J connectivity index is 2.19. The van der Waals surface area contributed by atoms with E-state index < -0.39 is 16.6 Å². The lowest BCUT2D eigenvalue weighted by Gasteiger charge is -2.34. The molecule has 1 aliphatic heterocycles. The molecule has 1 fully saturated rings. The quantitative estimate of drug-likeness (QED) is 0.410. The highest BCUT2D eigenvalue weighted by Gasteiger charge is 2.25. The molecule has 0 saturated carbocycles. The van der Waals surface area contributed by atoms with Gasteiger partial charge in [0.15, 0.2) is 16.6 Å². The summed E-state index contributed by atoms with van der Waals surface area (Å²) in [6.45, 7) is 12.3. The molecule has 1 rings (SSSR count). The molecule has 1 saturated heterocycles. The van der Waals surface area contributed by atoms with Crippen molar-refractivity contribution in [2.75, 3.05) is 53.5 Å². The molecule has 0 atom stereocenters. The maximum absolute atomic E-state index is 12.3. The van der Waals surface area contributed by atoms with Gasteiger partial charge in [-0.1, -0.05) is 0 Å². The van der Waals surface area contributed by atoms with E-state index in [2.05, 4.69) is 36.8 Å². The number of hydrogen-bond donors (Lipinski definition) is 2. The lowest BCUT2D eigenvalue weighted by molar-refractivity contribution is 0.143. The van der Waals surface area contributed by atoms with Crippen LogP contribution in [0.3, 0.4) is 0 Å². The largest absolute Gasteiger partial charge is 0.420 e. The van der Waals surface area contributed by atoms with Gasteiger partial charge in [-0.3, -0.25) is 0 Å². The molecule has 28 heavy (non-hydrogen) atoms. The molecule has 1 aliphatic rings. The zero-order valence-corrected chi connectivity index (χ0v) is 20.6. The summed E-state index contributed by atoms with van der Waals surface area (Å²) in [4.78, 5) is 28.1. The fraction of sp³-hybridized carbons (Fsp3) is 0.889. The van der Waals surface area contributed by atoms with E-state index in [-0.39, 0.29) is 12.1 Å². The van der Waals surface area contributed by atoms with Crippen molar-refractivity contribution in [3.63, 3.8) is 0 Å².